The molecule has 0 bridgehead atoms. The zero-order chi connectivity index (χ0) is 18.1. The van der Waals surface area contributed by atoms with Gasteiger partial charge in [-0.15, -0.1) is 0 Å². The second-order valence-electron chi connectivity index (χ2n) is 6.53. The van der Waals surface area contributed by atoms with Gasteiger partial charge in [0.1, 0.15) is 0 Å². The monoisotopic (exact) mass is 340 g/mol. The molecule has 0 radical (unpaired) electrons. The van der Waals surface area contributed by atoms with E-state index in [9.17, 15) is 4.79 Å². The maximum Gasteiger partial charge on any atom is 0.335 e. The second-order valence-corrected chi connectivity index (χ2v) is 6.53. The van der Waals surface area contributed by atoms with E-state index >= 15 is 0 Å². The molecular weight excluding hydrogens is 312 g/mol. The first-order valence-corrected chi connectivity index (χ1v) is 9.14. The summed E-state index contributed by atoms with van der Waals surface area (Å²) in [5.74, 6) is -0.898. The van der Waals surface area contributed by atoms with Crippen LogP contribution >= 0.6 is 0 Å². The lowest BCUT2D eigenvalue weighted by atomic mass is 10.0. The van der Waals surface area contributed by atoms with Crippen molar-refractivity contribution in [3.8, 4) is 11.1 Å². The Morgan fingerprint density at radius 1 is 0.960 bits per heavy atom. The Morgan fingerprint density at radius 3 is 2.12 bits per heavy atom. The summed E-state index contributed by atoms with van der Waals surface area (Å²) in [6.07, 6.45) is 6.06. The molecule has 0 aliphatic heterocycles. The molecule has 0 aliphatic rings. The van der Waals surface area contributed by atoms with Crippen molar-refractivity contribution < 1.29 is 14.6 Å². The zero-order valence-electron chi connectivity index (χ0n) is 15.2. The molecule has 0 aromatic heterocycles. The van der Waals surface area contributed by atoms with E-state index in [-0.39, 0.29) is 6.10 Å². The molecule has 1 unspecified atom stereocenters. The quantitative estimate of drug-likeness (QED) is 0.574. The number of rotatable bonds is 10. The van der Waals surface area contributed by atoms with Crippen molar-refractivity contribution in [1.82, 2.24) is 0 Å². The SMILES string of the molecule is CCCCCCOC(C)Cc1ccc(-c2ccc(C(=O)O)cc2)cc1. The van der Waals surface area contributed by atoms with Gasteiger partial charge in [0.25, 0.3) is 0 Å². The van der Waals surface area contributed by atoms with Crippen LogP contribution in [0.25, 0.3) is 11.1 Å². The highest BCUT2D eigenvalue weighted by atomic mass is 16.5. The van der Waals surface area contributed by atoms with Crippen molar-refractivity contribution in [3.63, 3.8) is 0 Å². The lowest BCUT2D eigenvalue weighted by Crippen LogP contribution is -2.12. The molecule has 0 heterocycles. The lowest BCUT2D eigenvalue weighted by Gasteiger charge is -2.13. The molecule has 3 nitrogen and oxygen atoms in total. The fourth-order valence-electron chi connectivity index (χ4n) is 2.84. The summed E-state index contributed by atoms with van der Waals surface area (Å²) in [6, 6.07) is 15.4. The van der Waals surface area contributed by atoms with Crippen molar-refractivity contribution in [2.75, 3.05) is 6.61 Å². The largest absolute Gasteiger partial charge is 0.478 e. The van der Waals surface area contributed by atoms with Crippen LogP contribution in [0.2, 0.25) is 0 Å². The number of hydrogen-bond acceptors (Lipinski definition) is 2. The molecule has 25 heavy (non-hydrogen) atoms. The minimum atomic E-state index is -0.898. The van der Waals surface area contributed by atoms with E-state index in [1.807, 2.05) is 12.1 Å². The van der Waals surface area contributed by atoms with Crippen molar-refractivity contribution in [3.05, 3.63) is 59.7 Å². The molecule has 0 spiro atoms. The van der Waals surface area contributed by atoms with Crippen LogP contribution in [0.4, 0.5) is 0 Å². The number of aromatic carboxylic acids is 1. The molecule has 2 aromatic carbocycles. The average Bonchev–Trinajstić information content (AvgIpc) is 2.62. The van der Waals surface area contributed by atoms with Gasteiger partial charge in [0.2, 0.25) is 0 Å². The van der Waals surface area contributed by atoms with Crippen LogP contribution in [0, 0.1) is 0 Å². The molecule has 0 saturated carbocycles. The van der Waals surface area contributed by atoms with E-state index in [1.54, 1.807) is 12.1 Å². The topological polar surface area (TPSA) is 46.5 Å². The van der Waals surface area contributed by atoms with Gasteiger partial charge in [-0.3, -0.25) is 0 Å². The summed E-state index contributed by atoms with van der Waals surface area (Å²) in [4.78, 5) is 10.9. The number of hydrogen-bond donors (Lipinski definition) is 1. The van der Waals surface area contributed by atoms with E-state index in [0.717, 1.165) is 30.6 Å². The predicted octanol–water partition coefficient (Wildman–Crippen LogP) is 5.58. The molecule has 0 amide bonds. The second kappa shape index (κ2) is 10.00. The Bertz CT molecular complexity index is 644. The van der Waals surface area contributed by atoms with Gasteiger partial charge in [-0.25, -0.2) is 4.79 Å². The van der Waals surface area contributed by atoms with Gasteiger partial charge in [0.05, 0.1) is 11.7 Å². The Morgan fingerprint density at radius 2 is 1.56 bits per heavy atom. The fraction of sp³-hybridized carbons (Fsp3) is 0.409. The molecule has 2 aromatic rings. The van der Waals surface area contributed by atoms with Crippen LogP contribution < -0.4 is 0 Å². The number of carbonyl (C=O) groups is 1. The van der Waals surface area contributed by atoms with Crippen LogP contribution in [0.1, 0.15) is 55.5 Å². The summed E-state index contributed by atoms with van der Waals surface area (Å²) in [7, 11) is 0. The lowest BCUT2D eigenvalue weighted by molar-refractivity contribution is 0.0635. The first-order chi connectivity index (χ1) is 12.1. The highest BCUT2D eigenvalue weighted by molar-refractivity contribution is 5.88. The number of carboxylic acids is 1. The summed E-state index contributed by atoms with van der Waals surface area (Å²) in [5.41, 5.74) is 3.68. The van der Waals surface area contributed by atoms with Gasteiger partial charge in [0, 0.05) is 6.61 Å². The Balaban J connectivity index is 1.85. The maximum absolute atomic E-state index is 10.9. The van der Waals surface area contributed by atoms with Crippen LogP contribution in [-0.2, 0) is 11.2 Å². The Hall–Kier alpha value is -2.13. The van der Waals surface area contributed by atoms with E-state index in [1.165, 1.54) is 24.8 Å². The third kappa shape index (κ3) is 6.35. The van der Waals surface area contributed by atoms with E-state index in [4.69, 9.17) is 9.84 Å². The Labute approximate surface area is 150 Å². The van der Waals surface area contributed by atoms with Gasteiger partial charge in [-0.1, -0.05) is 62.6 Å². The smallest absolute Gasteiger partial charge is 0.335 e. The van der Waals surface area contributed by atoms with Gasteiger partial charge in [0.15, 0.2) is 0 Å². The molecule has 1 atom stereocenters. The fourth-order valence-corrected chi connectivity index (χ4v) is 2.84. The first kappa shape index (κ1) is 19.2. The first-order valence-electron chi connectivity index (χ1n) is 9.14. The summed E-state index contributed by atoms with van der Waals surface area (Å²) >= 11 is 0. The number of carboxylic acid groups (broad SMARTS) is 1. The van der Waals surface area contributed by atoms with Gasteiger partial charge in [-0.2, -0.15) is 0 Å². The molecule has 0 saturated heterocycles. The molecule has 2 rings (SSSR count). The van der Waals surface area contributed by atoms with Gasteiger partial charge in [-0.05, 0) is 48.6 Å². The van der Waals surface area contributed by atoms with Crippen LogP contribution in [-0.4, -0.2) is 23.8 Å². The maximum atomic E-state index is 10.9. The molecule has 0 aliphatic carbocycles. The summed E-state index contributed by atoms with van der Waals surface area (Å²) in [6.45, 7) is 5.18. The van der Waals surface area contributed by atoms with E-state index in [0.29, 0.717) is 5.56 Å². The van der Waals surface area contributed by atoms with Crippen molar-refractivity contribution in [1.29, 1.82) is 0 Å². The predicted molar refractivity (Wildman–Crippen MR) is 102 cm³/mol. The highest BCUT2D eigenvalue weighted by Crippen LogP contribution is 2.21. The zero-order valence-corrected chi connectivity index (χ0v) is 15.2. The molecule has 0 fully saturated rings. The van der Waals surface area contributed by atoms with Crippen LogP contribution in [0.15, 0.2) is 48.5 Å². The summed E-state index contributed by atoms with van der Waals surface area (Å²) < 4.78 is 5.89. The van der Waals surface area contributed by atoms with E-state index < -0.39 is 5.97 Å². The van der Waals surface area contributed by atoms with Gasteiger partial charge >= 0.3 is 5.97 Å². The normalized spacial score (nSPS) is 12.1. The number of benzene rings is 2. The standard InChI is InChI=1S/C22H28O3/c1-3-4-5-6-15-25-17(2)16-18-7-9-19(10-8-18)20-11-13-21(14-12-20)22(23)24/h7-14,17H,3-6,15-16H2,1-2H3,(H,23,24). The molecular formula is C22H28O3. The molecule has 3 heteroatoms. The number of unbranched alkanes of at least 4 members (excludes halogenated alkanes) is 3. The summed E-state index contributed by atoms with van der Waals surface area (Å²) in [5, 5.41) is 8.96. The third-order valence-electron chi connectivity index (χ3n) is 4.34. The average molecular weight is 340 g/mol. The van der Waals surface area contributed by atoms with Crippen molar-refractivity contribution in [2.45, 2.75) is 52.1 Å². The highest BCUT2D eigenvalue weighted by Gasteiger charge is 2.06. The van der Waals surface area contributed by atoms with Crippen molar-refractivity contribution in [2.24, 2.45) is 0 Å². The molecule has 134 valence electrons. The van der Waals surface area contributed by atoms with Crippen LogP contribution in [0.3, 0.4) is 0 Å². The molecule has 1 N–H and O–H groups in total. The third-order valence-corrected chi connectivity index (χ3v) is 4.34. The van der Waals surface area contributed by atoms with Crippen LogP contribution in [0.5, 0.6) is 0 Å². The van der Waals surface area contributed by atoms with Crippen molar-refractivity contribution >= 4 is 5.97 Å². The van der Waals surface area contributed by atoms with Gasteiger partial charge < -0.3 is 9.84 Å². The Kier molecular flexibility index (Phi) is 7.68. The minimum Gasteiger partial charge on any atom is -0.478 e. The van der Waals surface area contributed by atoms with E-state index in [2.05, 4.69) is 38.1 Å². The minimum absolute atomic E-state index is 0.224. The number of ether oxygens (including phenoxy) is 1.